The van der Waals surface area contributed by atoms with Gasteiger partial charge in [0.1, 0.15) is 5.69 Å². The predicted molar refractivity (Wildman–Crippen MR) is 67.0 cm³/mol. The Labute approximate surface area is 102 Å². The quantitative estimate of drug-likeness (QED) is 0.874. The Balaban J connectivity index is 2.01. The van der Waals surface area contributed by atoms with Crippen LogP contribution in [0, 0.1) is 0 Å². The van der Waals surface area contributed by atoms with Crippen LogP contribution < -0.4 is 0 Å². The van der Waals surface area contributed by atoms with E-state index in [1.54, 1.807) is 0 Å². The lowest BCUT2D eigenvalue weighted by atomic mass is 10.2. The number of nitrogens with one attached hydrogen (secondary N) is 1. The molecule has 1 aliphatic rings. The highest BCUT2D eigenvalue weighted by molar-refractivity contribution is 5.92. The van der Waals surface area contributed by atoms with E-state index in [1.807, 2.05) is 11.0 Å². The van der Waals surface area contributed by atoms with E-state index in [0.29, 0.717) is 5.69 Å². The van der Waals surface area contributed by atoms with Gasteiger partial charge in [-0.25, -0.2) is 0 Å². The molecule has 0 bridgehead atoms. The summed E-state index contributed by atoms with van der Waals surface area (Å²) in [6, 6.07) is 1.90. The molecule has 0 saturated carbocycles. The van der Waals surface area contributed by atoms with Crippen LogP contribution in [-0.4, -0.2) is 34.1 Å². The number of carbonyl (C=O) groups excluding carboxylic acids is 1. The maximum atomic E-state index is 12.2. The van der Waals surface area contributed by atoms with Crippen LogP contribution in [0.4, 0.5) is 0 Å². The zero-order valence-electron chi connectivity index (χ0n) is 10.5. The first-order chi connectivity index (χ1) is 8.31. The molecule has 1 aromatic heterocycles. The number of carbonyl (C=O) groups is 1. The molecule has 94 valence electrons. The van der Waals surface area contributed by atoms with Crippen LogP contribution in [0.3, 0.4) is 0 Å². The Morgan fingerprint density at radius 1 is 1.35 bits per heavy atom. The van der Waals surface area contributed by atoms with E-state index in [4.69, 9.17) is 0 Å². The van der Waals surface area contributed by atoms with Crippen molar-refractivity contribution in [2.75, 3.05) is 13.1 Å². The van der Waals surface area contributed by atoms with E-state index < -0.39 is 0 Å². The normalized spacial score (nSPS) is 16.9. The summed E-state index contributed by atoms with van der Waals surface area (Å²) in [5.74, 6) is 0.0884. The number of nitrogens with zero attached hydrogens (tertiary/aromatic N) is 2. The van der Waals surface area contributed by atoms with Crippen molar-refractivity contribution >= 4 is 5.91 Å². The van der Waals surface area contributed by atoms with Crippen LogP contribution in [-0.2, 0) is 6.42 Å². The van der Waals surface area contributed by atoms with Crippen molar-refractivity contribution in [3.05, 3.63) is 17.5 Å². The third kappa shape index (κ3) is 3.08. The van der Waals surface area contributed by atoms with Gasteiger partial charge in [0.2, 0.25) is 0 Å². The molecule has 4 heteroatoms. The number of likely N-dealkylation sites (tertiary alicyclic amines) is 1. The fraction of sp³-hybridized carbons (Fsp3) is 0.692. The monoisotopic (exact) mass is 235 g/mol. The number of aromatic amines is 1. The number of aromatic nitrogens is 2. The summed E-state index contributed by atoms with van der Waals surface area (Å²) in [6.07, 6.45) is 6.76. The standard InChI is InChI=1S/C13H21N3O/c1-2-7-11-10-12(15-14-11)13(17)16-8-5-3-4-6-9-16/h10H,2-9H2,1H3,(H,14,15). The lowest BCUT2D eigenvalue weighted by Crippen LogP contribution is -2.32. The van der Waals surface area contributed by atoms with E-state index in [-0.39, 0.29) is 5.91 Å². The van der Waals surface area contributed by atoms with Gasteiger partial charge in [0.15, 0.2) is 0 Å². The molecule has 0 aromatic carbocycles. The van der Waals surface area contributed by atoms with Crippen molar-refractivity contribution in [1.82, 2.24) is 15.1 Å². The summed E-state index contributed by atoms with van der Waals surface area (Å²) in [6.45, 7) is 3.89. The molecule has 1 aliphatic heterocycles. The second-order valence-corrected chi connectivity index (χ2v) is 4.73. The molecular formula is C13H21N3O. The van der Waals surface area contributed by atoms with E-state index in [2.05, 4.69) is 17.1 Å². The van der Waals surface area contributed by atoms with Gasteiger partial charge in [-0.1, -0.05) is 26.2 Å². The van der Waals surface area contributed by atoms with Gasteiger partial charge in [-0.3, -0.25) is 9.89 Å². The summed E-state index contributed by atoms with van der Waals surface area (Å²) in [5.41, 5.74) is 1.64. The highest BCUT2D eigenvalue weighted by atomic mass is 16.2. The summed E-state index contributed by atoms with van der Waals surface area (Å²) in [4.78, 5) is 14.2. The largest absolute Gasteiger partial charge is 0.337 e. The average molecular weight is 235 g/mol. The zero-order chi connectivity index (χ0) is 12.1. The molecule has 0 spiro atoms. The number of rotatable bonds is 3. The fourth-order valence-electron chi connectivity index (χ4n) is 2.30. The molecule has 2 rings (SSSR count). The molecule has 0 radical (unpaired) electrons. The first-order valence-electron chi connectivity index (χ1n) is 6.65. The first-order valence-corrected chi connectivity index (χ1v) is 6.65. The lowest BCUT2D eigenvalue weighted by Gasteiger charge is -2.18. The number of hydrogen-bond donors (Lipinski definition) is 1. The van der Waals surface area contributed by atoms with Crippen LogP contribution in [0.5, 0.6) is 0 Å². The van der Waals surface area contributed by atoms with Crippen LogP contribution in [0.15, 0.2) is 6.07 Å². The molecule has 0 unspecified atom stereocenters. The molecule has 4 nitrogen and oxygen atoms in total. The average Bonchev–Trinajstić information content (AvgIpc) is 2.64. The van der Waals surface area contributed by atoms with Crippen molar-refractivity contribution in [3.8, 4) is 0 Å². The van der Waals surface area contributed by atoms with Gasteiger partial charge >= 0.3 is 0 Å². The minimum atomic E-state index is 0.0884. The number of aryl methyl sites for hydroxylation is 1. The van der Waals surface area contributed by atoms with Crippen molar-refractivity contribution < 1.29 is 4.79 Å². The Morgan fingerprint density at radius 2 is 2.06 bits per heavy atom. The Kier molecular flexibility index (Phi) is 4.18. The topological polar surface area (TPSA) is 49.0 Å². The highest BCUT2D eigenvalue weighted by Crippen LogP contribution is 2.13. The van der Waals surface area contributed by atoms with Gasteiger partial charge in [0.25, 0.3) is 5.91 Å². The van der Waals surface area contributed by atoms with Crippen molar-refractivity contribution in [2.45, 2.75) is 45.4 Å². The van der Waals surface area contributed by atoms with E-state index in [0.717, 1.165) is 44.5 Å². The highest BCUT2D eigenvalue weighted by Gasteiger charge is 2.19. The molecule has 2 heterocycles. The summed E-state index contributed by atoms with van der Waals surface area (Å²) < 4.78 is 0. The lowest BCUT2D eigenvalue weighted by molar-refractivity contribution is 0.0755. The van der Waals surface area contributed by atoms with Gasteiger partial charge in [-0.2, -0.15) is 5.10 Å². The van der Waals surface area contributed by atoms with E-state index in [1.165, 1.54) is 12.8 Å². The molecule has 1 saturated heterocycles. The molecule has 17 heavy (non-hydrogen) atoms. The zero-order valence-corrected chi connectivity index (χ0v) is 10.5. The predicted octanol–water partition coefficient (Wildman–Crippen LogP) is 2.38. The van der Waals surface area contributed by atoms with Crippen LogP contribution in [0.1, 0.15) is 55.2 Å². The molecule has 0 atom stereocenters. The van der Waals surface area contributed by atoms with Gasteiger partial charge < -0.3 is 4.90 Å². The van der Waals surface area contributed by atoms with Crippen LogP contribution >= 0.6 is 0 Å². The maximum Gasteiger partial charge on any atom is 0.274 e. The number of hydrogen-bond acceptors (Lipinski definition) is 2. The molecule has 1 aromatic rings. The minimum absolute atomic E-state index is 0.0884. The van der Waals surface area contributed by atoms with Gasteiger partial charge in [0, 0.05) is 18.8 Å². The van der Waals surface area contributed by atoms with Gasteiger partial charge in [-0.05, 0) is 25.3 Å². The number of H-pyrrole nitrogens is 1. The molecule has 1 amide bonds. The minimum Gasteiger partial charge on any atom is -0.337 e. The number of amides is 1. The van der Waals surface area contributed by atoms with Crippen molar-refractivity contribution in [3.63, 3.8) is 0 Å². The van der Waals surface area contributed by atoms with Crippen molar-refractivity contribution in [2.24, 2.45) is 0 Å². The molecule has 0 aliphatic carbocycles. The molecular weight excluding hydrogens is 214 g/mol. The Hall–Kier alpha value is -1.32. The SMILES string of the molecule is CCCc1cc(C(=O)N2CCCCCC2)n[nH]1. The Bertz CT molecular complexity index is 364. The smallest absolute Gasteiger partial charge is 0.274 e. The van der Waals surface area contributed by atoms with Crippen LogP contribution in [0.25, 0.3) is 0 Å². The maximum absolute atomic E-state index is 12.2. The Morgan fingerprint density at radius 3 is 2.71 bits per heavy atom. The van der Waals surface area contributed by atoms with Crippen LogP contribution in [0.2, 0.25) is 0 Å². The second kappa shape index (κ2) is 5.84. The summed E-state index contributed by atoms with van der Waals surface area (Å²) in [7, 11) is 0. The van der Waals surface area contributed by atoms with E-state index >= 15 is 0 Å². The fourth-order valence-corrected chi connectivity index (χ4v) is 2.30. The molecule has 1 N–H and O–H groups in total. The van der Waals surface area contributed by atoms with Gasteiger partial charge in [-0.15, -0.1) is 0 Å². The van der Waals surface area contributed by atoms with Gasteiger partial charge in [0.05, 0.1) is 0 Å². The third-order valence-electron chi connectivity index (χ3n) is 3.26. The summed E-state index contributed by atoms with van der Waals surface area (Å²) >= 11 is 0. The summed E-state index contributed by atoms with van der Waals surface area (Å²) in [5, 5.41) is 7.07. The van der Waals surface area contributed by atoms with Crippen molar-refractivity contribution in [1.29, 1.82) is 0 Å². The molecule has 1 fully saturated rings. The van der Waals surface area contributed by atoms with E-state index in [9.17, 15) is 4.79 Å². The second-order valence-electron chi connectivity index (χ2n) is 4.73. The third-order valence-corrected chi connectivity index (χ3v) is 3.26. The first kappa shape index (κ1) is 12.1.